The molecule has 100 valence electrons. The van der Waals surface area contributed by atoms with Crippen LogP contribution >= 0.6 is 11.6 Å². The Morgan fingerprint density at radius 3 is 2.67 bits per heavy atom. The Morgan fingerprint density at radius 1 is 1.28 bits per heavy atom. The van der Waals surface area contributed by atoms with Gasteiger partial charge in [-0.1, -0.05) is 30.9 Å². The van der Waals surface area contributed by atoms with Crippen LogP contribution in [0.15, 0.2) is 18.2 Å². The van der Waals surface area contributed by atoms with Crippen molar-refractivity contribution in [2.24, 2.45) is 5.41 Å². The third-order valence-electron chi connectivity index (χ3n) is 3.92. The van der Waals surface area contributed by atoms with Crippen LogP contribution in [-0.4, -0.2) is 18.3 Å². The van der Waals surface area contributed by atoms with Crippen LogP contribution in [0.1, 0.15) is 32.1 Å². The molecular weight excluding hydrogens is 248 g/mol. The van der Waals surface area contributed by atoms with Gasteiger partial charge in [-0.3, -0.25) is 0 Å². The fourth-order valence-corrected chi connectivity index (χ4v) is 2.83. The van der Waals surface area contributed by atoms with Gasteiger partial charge in [0.05, 0.1) is 18.0 Å². The van der Waals surface area contributed by atoms with Crippen molar-refractivity contribution in [2.45, 2.75) is 32.1 Å². The predicted octanol–water partition coefficient (Wildman–Crippen LogP) is 3.28. The molecule has 1 saturated carbocycles. The summed E-state index contributed by atoms with van der Waals surface area (Å²) in [6.07, 6.45) is 5.84. The molecule has 1 aromatic carbocycles. The average Bonchev–Trinajstić information content (AvgIpc) is 2.41. The number of benzene rings is 1. The van der Waals surface area contributed by atoms with Crippen molar-refractivity contribution in [1.29, 1.82) is 0 Å². The van der Waals surface area contributed by atoms with Crippen molar-refractivity contribution in [3.8, 4) is 0 Å². The number of nitrogen functional groups attached to an aromatic ring is 1. The lowest BCUT2D eigenvalue weighted by atomic mass is 9.74. The lowest BCUT2D eigenvalue weighted by Crippen LogP contribution is -2.35. The molecule has 1 aliphatic carbocycles. The molecule has 0 spiro atoms. The van der Waals surface area contributed by atoms with Crippen LogP contribution in [0.3, 0.4) is 0 Å². The molecule has 0 heterocycles. The first-order valence-electron chi connectivity index (χ1n) is 6.55. The van der Waals surface area contributed by atoms with Gasteiger partial charge in [-0.15, -0.1) is 0 Å². The highest BCUT2D eigenvalue weighted by Gasteiger charge is 2.31. The molecule has 18 heavy (non-hydrogen) atoms. The molecule has 1 fully saturated rings. The largest absolute Gasteiger partial charge is 0.397 e. The summed E-state index contributed by atoms with van der Waals surface area (Å²) < 4.78 is 0. The highest BCUT2D eigenvalue weighted by Crippen LogP contribution is 2.36. The fraction of sp³-hybridized carbons (Fsp3) is 0.571. The molecule has 4 heteroatoms. The molecule has 0 radical (unpaired) electrons. The van der Waals surface area contributed by atoms with Crippen molar-refractivity contribution >= 4 is 23.0 Å². The number of aliphatic hydroxyl groups is 1. The van der Waals surface area contributed by atoms with Crippen molar-refractivity contribution < 1.29 is 5.11 Å². The minimum atomic E-state index is 0.00695. The maximum absolute atomic E-state index is 9.65. The number of halogens is 1. The zero-order valence-corrected chi connectivity index (χ0v) is 11.3. The van der Waals surface area contributed by atoms with Crippen LogP contribution in [0, 0.1) is 5.41 Å². The van der Waals surface area contributed by atoms with Crippen LogP contribution in [0.5, 0.6) is 0 Å². The minimum absolute atomic E-state index is 0.00695. The maximum atomic E-state index is 9.65. The lowest BCUT2D eigenvalue weighted by Gasteiger charge is -2.36. The molecule has 0 unspecified atom stereocenters. The summed E-state index contributed by atoms with van der Waals surface area (Å²) in [5, 5.41) is 13.7. The minimum Gasteiger partial charge on any atom is -0.397 e. The molecule has 0 saturated heterocycles. The van der Waals surface area contributed by atoms with Gasteiger partial charge < -0.3 is 16.2 Å². The second-order valence-electron chi connectivity index (χ2n) is 5.30. The van der Waals surface area contributed by atoms with E-state index in [0.717, 1.165) is 25.1 Å². The van der Waals surface area contributed by atoms with Gasteiger partial charge >= 0.3 is 0 Å². The Labute approximate surface area is 113 Å². The first-order valence-corrected chi connectivity index (χ1v) is 6.93. The molecule has 1 aromatic rings. The molecule has 0 amide bonds. The van der Waals surface area contributed by atoms with E-state index in [2.05, 4.69) is 5.32 Å². The number of aliphatic hydroxyl groups excluding tert-OH is 1. The Balaban J connectivity index is 2.03. The zero-order chi connectivity index (χ0) is 13.0. The molecule has 2 rings (SSSR count). The van der Waals surface area contributed by atoms with Gasteiger partial charge in [-0.2, -0.15) is 0 Å². The van der Waals surface area contributed by atoms with E-state index in [1.807, 2.05) is 6.07 Å². The summed E-state index contributed by atoms with van der Waals surface area (Å²) in [5.41, 5.74) is 7.47. The third kappa shape index (κ3) is 3.09. The lowest BCUT2D eigenvalue weighted by molar-refractivity contribution is 0.0944. The number of hydrogen-bond acceptors (Lipinski definition) is 3. The SMILES string of the molecule is Nc1ccc(Cl)cc1NCC1(CO)CCCCC1. The molecule has 3 nitrogen and oxygen atoms in total. The molecule has 0 bridgehead atoms. The number of anilines is 2. The summed E-state index contributed by atoms with van der Waals surface area (Å²) in [7, 11) is 0. The van der Waals surface area contributed by atoms with Gasteiger partial charge in [0.25, 0.3) is 0 Å². The Kier molecular flexibility index (Phi) is 4.36. The van der Waals surface area contributed by atoms with Crippen molar-refractivity contribution in [1.82, 2.24) is 0 Å². The monoisotopic (exact) mass is 268 g/mol. The van der Waals surface area contributed by atoms with Crippen LogP contribution in [0.4, 0.5) is 11.4 Å². The van der Waals surface area contributed by atoms with Gasteiger partial charge in [0, 0.05) is 17.0 Å². The van der Waals surface area contributed by atoms with Crippen molar-refractivity contribution in [3.05, 3.63) is 23.2 Å². The van der Waals surface area contributed by atoms with E-state index < -0.39 is 0 Å². The van der Waals surface area contributed by atoms with Gasteiger partial charge in [-0.25, -0.2) is 0 Å². The first-order chi connectivity index (χ1) is 8.65. The van der Waals surface area contributed by atoms with E-state index in [9.17, 15) is 5.11 Å². The summed E-state index contributed by atoms with van der Waals surface area (Å²) in [6, 6.07) is 5.42. The Bertz CT molecular complexity index is 403. The van der Waals surface area contributed by atoms with Crippen LogP contribution in [0.25, 0.3) is 0 Å². The normalized spacial score (nSPS) is 18.6. The van der Waals surface area contributed by atoms with E-state index >= 15 is 0 Å². The zero-order valence-electron chi connectivity index (χ0n) is 10.6. The first kappa shape index (κ1) is 13.5. The Hall–Kier alpha value is -0.930. The summed E-state index contributed by atoms with van der Waals surface area (Å²) in [5.74, 6) is 0. The summed E-state index contributed by atoms with van der Waals surface area (Å²) in [6.45, 7) is 0.995. The van der Waals surface area contributed by atoms with Crippen LogP contribution < -0.4 is 11.1 Å². The molecule has 0 atom stereocenters. The van der Waals surface area contributed by atoms with Gasteiger partial charge in [-0.05, 0) is 31.0 Å². The standard InChI is InChI=1S/C14H21ClN2O/c15-11-4-5-12(16)13(8-11)17-9-14(10-18)6-2-1-3-7-14/h4-5,8,17-18H,1-3,6-7,9-10,16H2. The van der Waals surface area contributed by atoms with E-state index in [-0.39, 0.29) is 12.0 Å². The number of rotatable bonds is 4. The Morgan fingerprint density at radius 2 is 2.00 bits per heavy atom. The number of nitrogens with one attached hydrogen (secondary N) is 1. The molecule has 0 aromatic heterocycles. The molecule has 0 aliphatic heterocycles. The smallest absolute Gasteiger partial charge is 0.0589 e. The van der Waals surface area contributed by atoms with Crippen molar-refractivity contribution in [3.63, 3.8) is 0 Å². The third-order valence-corrected chi connectivity index (χ3v) is 4.15. The summed E-state index contributed by atoms with van der Waals surface area (Å²) >= 11 is 5.96. The van der Waals surface area contributed by atoms with Crippen LogP contribution in [0.2, 0.25) is 5.02 Å². The number of hydrogen-bond donors (Lipinski definition) is 3. The highest BCUT2D eigenvalue weighted by atomic mass is 35.5. The molecule has 1 aliphatic rings. The quantitative estimate of drug-likeness (QED) is 0.735. The second kappa shape index (κ2) is 5.81. The number of nitrogens with two attached hydrogens (primary N) is 1. The van der Waals surface area contributed by atoms with Gasteiger partial charge in [0.1, 0.15) is 0 Å². The highest BCUT2D eigenvalue weighted by molar-refractivity contribution is 6.31. The topological polar surface area (TPSA) is 58.3 Å². The van der Waals surface area contributed by atoms with E-state index in [0.29, 0.717) is 10.7 Å². The van der Waals surface area contributed by atoms with E-state index in [4.69, 9.17) is 17.3 Å². The van der Waals surface area contributed by atoms with Gasteiger partial charge in [0.2, 0.25) is 0 Å². The maximum Gasteiger partial charge on any atom is 0.0589 e. The molecule has 4 N–H and O–H groups in total. The second-order valence-corrected chi connectivity index (χ2v) is 5.74. The average molecular weight is 269 g/mol. The van der Waals surface area contributed by atoms with E-state index in [1.165, 1.54) is 19.3 Å². The molecular formula is C14H21ClN2O. The predicted molar refractivity (Wildman–Crippen MR) is 77.0 cm³/mol. The summed E-state index contributed by atoms with van der Waals surface area (Å²) in [4.78, 5) is 0. The fourth-order valence-electron chi connectivity index (χ4n) is 2.66. The van der Waals surface area contributed by atoms with Crippen LogP contribution in [-0.2, 0) is 0 Å². The van der Waals surface area contributed by atoms with Gasteiger partial charge in [0.15, 0.2) is 0 Å². The van der Waals surface area contributed by atoms with Crippen molar-refractivity contribution in [2.75, 3.05) is 24.2 Å². The van der Waals surface area contributed by atoms with E-state index in [1.54, 1.807) is 12.1 Å².